The molecule has 0 bridgehead atoms. The van der Waals surface area contributed by atoms with Crippen LogP contribution in [0.1, 0.15) is 31.1 Å². The van der Waals surface area contributed by atoms with Crippen molar-refractivity contribution >= 4 is 29.4 Å². The molecule has 2 aromatic carbocycles. The molecule has 116 valence electrons. The van der Waals surface area contributed by atoms with Gasteiger partial charge in [0.05, 0.1) is 18.2 Å². The molecular weight excluding hydrogens is 322 g/mol. The van der Waals surface area contributed by atoms with Crippen molar-refractivity contribution in [1.82, 2.24) is 5.06 Å². The number of nitrogens with zero attached hydrogens (tertiary/aromatic N) is 1. The van der Waals surface area contributed by atoms with E-state index >= 15 is 0 Å². The third-order valence-corrected chi connectivity index (χ3v) is 3.55. The van der Waals surface area contributed by atoms with Crippen molar-refractivity contribution in [3.05, 3.63) is 64.2 Å². The molecule has 0 radical (unpaired) electrons. The average Bonchev–Trinajstić information content (AvgIpc) is 2.80. The van der Waals surface area contributed by atoms with E-state index in [-0.39, 0.29) is 22.4 Å². The molecule has 2 aromatic rings. The highest BCUT2D eigenvalue weighted by atomic mass is 35.5. The van der Waals surface area contributed by atoms with Crippen LogP contribution in [0.25, 0.3) is 0 Å². The van der Waals surface area contributed by atoms with Gasteiger partial charge in [0.1, 0.15) is 11.3 Å². The van der Waals surface area contributed by atoms with E-state index in [0.717, 1.165) is 0 Å². The Morgan fingerprint density at radius 1 is 1.04 bits per heavy atom. The highest BCUT2D eigenvalue weighted by Gasteiger charge is 2.39. The molecule has 3 rings (SSSR count). The Kier molecular flexibility index (Phi) is 3.75. The number of carbonyl (C=O) groups is 3. The van der Waals surface area contributed by atoms with Crippen molar-refractivity contribution in [3.8, 4) is 5.75 Å². The third kappa shape index (κ3) is 2.53. The van der Waals surface area contributed by atoms with E-state index in [0.29, 0.717) is 10.1 Å². The van der Waals surface area contributed by atoms with Gasteiger partial charge in [-0.25, -0.2) is 4.79 Å². The minimum Gasteiger partial charge on any atom is -0.496 e. The van der Waals surface area contributed by atoms with Gasteiger partial charge in [0, 0.05) is 5.02 Å². The highest BCUT2D eigenvalue weighted by Crippen LogP contribution is 2.27. The smallest absolute Gasteiger partial charge is 0.367 e. The zero-order chi connectivity index (χ0) is 16.6. The maximum Gasteiger partial charge on any atom is 0.367 e. The summed E-state index contributed by atoms with van der Waals surface area (Å²) in [5, 5.41) is 0.820. The number of imide groups is 1. The van der Waals surface area contributed by atoms with Crippen LogP contribution in [0.2, 0.25) is 5.02 Å². The molecule has 0 aliphatic carbocycles. The maximum atomic E-state index is 12.2. The molecule has 0 N–H and O–H groups in total. The fourth-order valence-electron chi connectivity index (χ4n) is 2.22. The standard InChI is InChI=1S/C16H10ClNO5/c1-22-13-8-9(17)6-7-12(13)16(21)23-18-14(19)10-4-2-3-5-11(10)15(18)20/h2-8H,1H3. The predicted molar refractivity (Wildman–Crippen MR) is 80.4 cm³/mol. The number of hydrogen-bond donors (Lipinski definition) is 0. The van der Waals surface area contributed by atoms with Crippen LogP contribution >= 0.6 is 11.6 Å². The fraction of sp³-hybridized carbons (Fsp3) is 0.0625. The van der Waals surface area contributed by atoms with Crippen molar-refractivity contribution in [2.45, 2.75) is 0 Å². The minimum atomic E-state index is -0.895. The molecule has 0 unspecified atom stereocenters. The Bertz CT molecular complexity index is 798. The van der Waals surface area contributed by atoms with Crippen LogP contribution in [-0.4, -0.2) is 30.0 Å². The Morgan fingerprint density at radius 3 is 2.22 bits per heavy atom. The van der Waals surface area contributed by atoms with Gasteiger partial charge in [-0.15, -0.1) is 0 Å². The number of methoxy groups -OCH3 is 1. The monoisotopic (exact) mass is 331 g/mol. The third-order valence-electron chi connectivity index (χ3n) is 3.31. The number of benzene rings is 2. The molecule has 1 aliphatic heterocycles. The number of halogens is 1. The topological polar surface area (TPSA) is 72.9 Å². The van der Waals surface area contributed by atoms with E-state index in [4.69, 9.17) is 21.2 Å². The van der Waals surface area contributed by atoms with Gasteiger partial charge in [-0.3, -0.25) is 9.59 Å². The van der Waals surface area contributed by atoms with Gasteiger partial charge >= 0.3 is 5.97 Å². The first kappa shape index (κ1) is 15.1. The predicted octanol–water partition coefficient (Wildman–Crippen LogP) is 2.72. The van der Waals surface area contributed by atoms with E-state index in [1.165, 1.54) is 37.4 Å². The molecular formula is C16H10ClNO5. The number of fused-ring (bicyclic) bond motifs is 1. The van der Waals surface area contributed by atoms with E-state index in [9.17, 15) is 14.4 Å². The molecule has 0 saturated heterocycles. The molecule has 0 fully saturated rings. The number of hydroxylamine groups is 2. The van der Waals surface area contributed by atoms with Crippen LogP contribution < -0.4 is 4.74 Å². The molecule has 0 atom stereocenters. The Labute approximate surface area is 136 Å². The summed E-state index contributed by atoms with van der Waals surface area (Å²) < 4.78 is 5.05. The summed E-state index contributed by atoms with van der Waals surface area (Å²) in [4.78, 5) is 41.5. The molecule has 7 heteroatoms. The lowest BCUT2D eigenvalue weighted by molar-refractivity contribution is -0.0586. The second-order valence-electron chi connectivity index (χ2n) is 4.67. The summed E-state index contributed by atoms with van der Waals surface area (Å²) in [5.74, 6) is -2.09. The lowest BCUT2D eigenvalue weighted by Gasteiger charge is -2.14. The van der Waals surface area contributed by atoms with Crippen molar-refractivity contribution in [2.24, 2.45) is 0 Å². The molecule has 0 saturated carbocycles. The van der Waals surface area contributed by atoms with Crippen molar-refractivity contribution in [1.29, 1.82) is 0 Å². The number of rotatable bonds is 3. The summed E-state index contributed by atoms with van der Waals surface area (Å²) in [5.41, 5.74) is 0.426. The lowest BCUT2D eigenvalue weighted by Crippen LogP contribution is -2.32. The van der Waals surface area contributed by atoms with E-state index in [2.05, 4.69) is 0 Å². The first-order valence-electron chi connectivity index (χ1n) is 6.56. The Hall–Kier alpha value is -2.86. The van der Waals surface area contributed by atoms with E-state index in [1.807, 2.05) is 0 Å². The SMILES string of the molecule is COc1cc(Cl)ccc1C(=O)ON1C(=O)c2ccccc2C1=O. The van der Waals surface area contributed by atoms with Gasteiger partial charge in [-0.05, 0) is 30.3 Å². The van der Waals surface area contributed by atoms with Gasteiger partial charge < -0.3 is 9.57 Å². The highest BCUT2D eigenvalue weighted by molar-refractivity contribution is 6.30. The molecule has 23 heavy (non-hydrogen) atoms. The average molecular weight is 332 g/mol. The number of amides is 2. The van der Waals surface area contributed by atoms with Gasteiger partial charge in [0.15, 0.2) is 0 Å². The molecule has 1 heterocycles. The molecule has 0 spiro atoms. The molecule has 0 aromatic heterocycles. The summed E-state index contributed by atoms with van der Waals surface area (Å²) >= 11 is 5.83. The van der Waals surface area contributed by atoms with Crippen LogP contribution in [0.4, 0.5) is 0 Å². The normalized spacial score (nSPS) is 13.0. The van der Waals surface area contributed by atoms with Gasteiger partial charge in [-0.1, -0.05) is 28.8 Å². The molecule has 1 aliphatic rings. The Morgan fingerprint density at radius 2 is 1.65 bits per heavy atom. The molecule has 2 amide bonds. The van der Waals surface area contributed by atoms with Crippen molar-refractivity contribution < 1.29 is 24.0 Å². The summed E-state index contributed by atoms with van der Waals surface area (Å²) in [6, 6.07) is 10.5. The van der Waals surface area contributed by atoms with Crippen LogP contribution in [0.15, 0.2) is 42.5 Å². The van der Waals surface area contributed by atoms with Crippen molar-refractivity contribution in [3.63, 3.8) is 0 Å². The second kappa shape index (κ2) is 5.73. The number of ether oxygens (including phenoxy) is 1. The van der Waals surface area contributed by atoms with Crippen LogP contribution in [0.5, 0.6) is 5.75 Å². The van der Waals surface area contributed by atoms with Gasteiger partial charge in [-0.2, -0.15) is 0 Å². The summed E-state index contributed by atoms with van der Waals surface area (Å²) in [7, 11) is 1.37. The zero-order valence-corrected chi connectivity index (χ0v) is 12.7. The summed E-state index contributed by atoms with van der Waals surface area (Å²) in [6.07, 6.45) is 0. The van der Waals surface area contributed by atoms with E-state index < -0.39 is 17.8 Å². The largest absolute Gasteiger partial charge is 0.496 e. The van der Waals surface area contributed by atoms with E-state index in [1.54, 1.807) is 12.1 Å². The van der Waals surface area contributed by atoms with Crippen LogP contribution in [0, 0.1) is 0 Å². The quantitative estimate of drug-likeness (QED) is 0.808. The first-order valence-corrected chi connectivity index (χ1v) is 6.94. The maximum absolute atomic E-state index is 12.2. The van der Waals surface area contributed by atoms with Gasteiger partial charge in [0.2, 0.25) is 0 Å². The number of carbonyl (C=O) groups excluding carboxylic acids is 3. The van der Waals surface area contributed by atoms with Crippen LogP contribution in [0.3, 0.4) is 0 Å². The zero-order valence-electron chi connectivity index (χ0n) is 11.9. The number of hydrogen-bond acceptors (Lipinski definition) is 5. The first-order chi connectivity index (χ1) is 11.0. The second-order valence-corrected chi connectivity index (χ2v) is 5.11. The van der Waals surface area contributed by atoms with Gasteiger partial charge in [0.25, 0.3) is 11.8 Å². The summed E-state index contributed by atoms with van der Waals surface area (Å²) in [6.45, 7) is 0. The van der Waals surface area contributed by atoms with Crippen LogP contribution in [-0.2, 0) is 4.84 Å². The fourth-order valence-corrected chi connectivity index (χ4v) is 2.38. The lowest BCUT2D eigenvalue weighted by atomic mass is 10.1. The van der Waals surface area contributed by atoms with Crippen molar-refractivity contribution in [2.75, 3.05) is 7.11 Å². The minimum absolute atomic E-state index is 0.0495. The Balaban J connectivity index is 1.88. The molecule has 6 nitrogen and oxygen atoms in total.